The predicted octanol–water partition coefficient (Wildman–Crippen LogP) is 3.85. The number of nitrogens with one attached hydrogen (secondary N) is 2. The van der Waals surface area contributed by atoms with Gasteiger partial charge in [0.05, 0.1) is 12.8 Å². The van der Waals surface area contributed by atoms with Crippen molar-refractivity contribution >= 4 is 35.3 Å². The average Bonchev–Trinajstić information content (AvgIpc) is 2.73. The second-order valence-electron chi connectivity index (χ2n) is 6.56. The summed E-state index contributed by atoms with van der Waals surface area (Å²) in [5, 5.41) is 7.03. The van der Waals surface area contributed by atoms with Crippen LogP contribution in [-0.4, -0.2) is 37.7 Å². The molecule has 0 aliphatic carbocycles. The number of rotatable bonds is 10. The lowest BCUT2D eigenvalue weighted by molar-refractivity contribution is -0.120. The minimum absolute atomic E-state index is 0.166. The van der Waals surface area contributed by atoms with Gasteiger partial charge >= 0.3 is 0 Å². The van der Waals surface area contributed by atoms with Gasteiger partial charge < -0.3 is 10.2 Å². The number of hydrogen-bond donors (Lipinski definition) is 2. The third-order valence-electron chi connectivity index (χ3n) is 4.16. The van der Waals surface area contributed by atoms with Crippen molar-refractivity contribution in [3.8, 4) is 0 Å². The standard InChI is InChI=1S/C22H27ClN4O2/c1-3-13-27(14-4-2)20-11-5-17(6-12-20)15-25-26-21(28)16-24-22(29)18-7-9-19(23)10-8-18/h5-12,15H,3-4,13-14,16H2,1-2H3,(H,24,29)(H,26,28)/b25-15+. The fraction of sp³-hybridized carbons (Fsp3) is 0.318. The lowest BCUT2D eigenvalue weighted by atomic mass is 10.2. The van der Waals surface area contributed by atoms with Gasteiger partial charge in [-0.3, -0.25) is 9.59 Å². The van der Waals surface area contributed by atoms with Crippen LogP contribution in [0.15, 0.2) is 53.6 Å². The third-order valence-corrected chi connectivity index (χ3v) is 4.42. The Bertz CT molecular complexity index is 814. The quantitative estimate of drug-likeness (QED) is 0.458. The second kappa shape index (κ2) is 11.9. The number of carbonyl (C=O) groups is 2. The zero-order valence-corrected chi connectivity index (χ0v) is 17.6. The maximum atomic E-state index is 12.0. The van der Waals surface area contributed by atoms with Crippen LogP contribution in [0.3, 0.4) is 0 Å². The van der Waals surface area contributed by atoms with Crippen LogP contribution in [0.2, 0.25) is 5.02 Å². The molecule has 2 rings (SSSR count). The number of carbonyl (C=O) groups excluding carboxylic acids is 2. The fourth-order valence-corrected chi connectivity index (χ4v) is 2.89. The third kappa shape index (κ3) is 7.58. The molecule has 0 saturated carbocycles. The summed E-state index contributed by atoms with van der Waals surface area (Å²) >= 11 is 5.79. The largest absolute Gasteiger partial charge is 0.372 e. The Hall–Kier alpha value is -2.86. The first-order valence-corrected chi connectivity index (χ1v) is 10.1. The summed E-state index contributed by atoms with van der Waals surface area (Å²) in [6.07, 6.45) is 3.78. The average molecular weight is 415 g/mol. The van der Waals surface area contributed by atoms with Gasteiger partial charge in [0.1, 0.15) is 0 Å². The SMILES string of the molecule is CCCN(CCC)c1ccc(/C=N/NC(=O)CNC(=O)c2ccc(Cl)cc2)cc1. The molecule has 0 atom stereocenters. The molecule has 0 fully saturated rings. The van der Waals surface area contributed by atoms with Crippen molar-refractivity contribution in [3.05, 3.63) is 64.7 Å². The first-order chi connectivity index (χ1) is 14.0. The van der Waals surface area contributed by atoms with Crippen LogP contribution in [-0.2, 0) is 4.79 Å². The summed E-state index contributed by atoms with van der Waals surface area (Å²) in [7, 11) is 0. The van der Waals surface area contributed by atoms with Crippen molar-refractivity contribution in [2.24, 2.45) is 5.10 Å². The summed E-state index contributed by atoms with van der Waals surface area (Å²) in [6.45, 7) is 6.23. The second-order valence-corrected chi connectivity index (χ2v) is 7.00. The fourth-order valence-electron chi connectivity index (χ4n) is 2.76. The lowest BCUT2D eigenvalue weighted by Gasteiger charge is -2.23. The number of anilines is 1. The molecule has 2 amide bonds. The van der Waals surface area contributed by atoms with Crippen LogP contribution >= 0.6 is 11.6 Å². The Morgan fingerprint density at radius 3 is 2.21 bits per heavy atom. The van der Waals surface area contributed by atoms with Crippen LogP contribution in [0.5, 0.6) is 0 Å². The van der Waals surface area contributed by atoms with E-state index in [2.05, 4.69) is 46.7 Å². The molecule has 0 unspecified atom stereocenters. The van der Waals surface area contributed by atoms with E-state index >= 15 is 0 Å². The summed E-state index contributed by atoms with van der Waals surface area (Å²) in [4.78, 5) is 26.2. The topological polar surface area (TPSA) is 73.8 Å². The van der Waals surface area contributed by atoms with E-state index in [9.17, 15) is 9.59 Å². The number of halogens is 1. The van der Waals surface area contributed by atoms with Crippen molar-refractivity contribution in [2.75, 3.05) is 24.5 Å². The van der Waals surface area contributed by atoms with E-state index in [1.54, 1.807) is 30.5 Å². The zero-order valence-electron chi connectivity index (χ0n) is 16.8. The maximum Gasteiger partial charge on any atom is 0.259 e. The van der Waals surface area contributed by atoms with E-state index in [0.29, 0.717) is 10.6 Å². The van der Waals surface area contributed by atoms with Crippen LogP contribution in [0.25, 0.3) is 0 Å². The van der Waals surface area contributed by atoms with Crippen LogP contribution in [0.1, 0.15) is 42.6 Å². The van der Waals surface area contributed by atoms with Crippen LogP contribution < -0.4 is 15.6 Å². The van der Waals surface area contributed by atoms with E-state index in [-0.39, 0.29) is 12.5 Å². The summed E-state index contributed by atoms with van der Waals surface area (Å²) < 4.78 is 0. The van der Waals surface area contributed by atoms with E-state index in [4.69, 9.17) is 11.6 Å². The number of hydrazone groups is 1. The normalized spacial score (nSPS) is 10.7. The molecule has 0 radical (unpaired) electrons. The Morgan fingerprint density at radius 2 is 1.62 bits per heavy atom. The van der Waals surface area contributed by atoms with Gasteiger partial charge in [-0.2, -0.15) is 5.10 Å². The molecule has 2 N–H and O–H groups in total. The van der Waals surface area contributed by atoms with Gasteiger partial charge in [0.15, 0.2) is 0 Å². The molecule has 0 aliphatic rings. The Kier molecular flexibility index (Phi) is 9.18. The first kappa shape index (κ1) is 22.4. The highest BCUT2D eigenvalue weighted by Crippen LogP contribution is 2.15. The minimum atomic E-state index is -0.405. The number of hydrogen-bond acceptors (Lipinski definition) is 4. The highest BCUT2D eigenvalue weighted by Gasteiger charge is 2.07. The molecule has 0 heterocycles. The van der Waals surface area contributed by atoms with E-state index in [1.807, 2.05) is 12.1 Å². The number of amides is 2. The van der Waals surface area contributed by atoms with Crippen molar-refractivity contribution in [1.29, 1.82) is 0 Å². The highest BCUT2D eigenvalue weighted by molar-refractivity contribution is 6.30. The Balaban J connectivity index is 1.80. The van der Waals surface area contributed by atoms with Gasteiger partial charge in [-0.1, -0.05) is 37.6 Å². The molecule has 7 heteroatoms. The van der Waals surface area contributed by atoms with Crippen molar-refractivity contribution < 1.29 is 9.59 Å². The van der Waals surface area contributed by atoms with Gasteiger partial charge in [-0.05, 0) is 54.8 Å². The Morgan fingerprint density at radius 1 is 1.00 bits per heavy atom. The first-order valence-electron chi connectivity index (χ1n) is 9.74. The number of nitrogens with zero attached hydrogens (tertiary/aromatic N) is 2. The van der Waals surface area contributed by atoms with E-state index < -0.39 is 5.91 Å². The molecule has 2 aromatic rings. The van der Waals surface area contributed by atoms with Gasteiger partial charge in [0, 0.05) is 29.4 Å². The number of benzene rings is 2. The van der Waals surface area contributed by atoms with Gasteiger partial charge in [0.2, 0.25) is 0 Å². The molecule has 2 aromatic carbocycles. The van der Waals surface area contributed by atoms with Gasteiger partial charge in [-0.25, -0.2) is 5.43 Å². The molecule has 0 spiro atoms. The predicted molar refractivity (Wildman–Crippen MR) is 119 cm³/mol. The summed E-state index contributed by atoms with van der Waals surface area (Å²) in [5.74, 6) is -0.752. The van der Waals surface area contributed by atoms with Crippen LogP contribution in [0, 0.1) is 0 Å². The van der Waals surface area contributed by atoms with Crippen molar-refractivity contribution in [2.45, 2.75) is 26.7 Å². The lowest BCUT2D eigenvalue weighted by Crippen LogP contribution is -2.34. The van der Waals surface area contributed by atoms with E-state index in [1.165, 1.54) is 5.69 Å². The molecule has 0 aromatic heterocycles. The molecule has 0 aliphatic heterocycles. The molecule has 154 valence electrons. The van der Waals surface area contributed by atoms with Crippen molar-refractivity contribution in [1.82, 2.24) is 10.7 Å². The molecule has 29 heavy (non-hydrogen) atoms. The summed E-state index contributed by atoms with van der Waals surface area (Å²) in [5.41, 5.74) is 4.91. The molecule has 0 saturated heterocycles. The smallest absolute Gasteiger partial charge is 0.259 e. The molecular formula is C22H27ClN4O2. The van der Waals surface area contributed by atoms with Crippen molar-refractivity contribution in [3.63, 3.8) is 0 Å². The van der Waals surface area contributed by atoms with Gasteiger partial charge in [0.25, 0.3) is 11.8 Å². The zero-order chi connectivity index (χ0) is 21.1. The molecular weight excluding hydrogens is 388 g/mol. The van der Waals surface area contributed by atoms with E-state index in [0.717, 1.165) is 31.5 Å². The minimum Gasteiger partial charge on any atom is -0.372 e. The highest BCUT2D eigenvalue weighted by atomic mass is 35.5. The summed E-state index contributed by atoms with van der Waals surface area (Å²) in [6, 6.07) is 14.5. The monoisotopic (exact) mass is 414 g/mol. The van der Waals surface area contributed by atoms with Crippen LogP contribution in [0.4, 0.5) is 5.69 Å². The van der Waals surface area contributed by atoms with Gasteiger partial charge in [-0.15, -0.1) is 0 Å². The Labute approximate surface area is 176 Å². The molecule has 6 nitrogen and oxygen atoms in total. The molecule has 0 bridgehead atoms. The maximum absolute atomic E-state index is 12.0.